The topological polar surface area (TPSA) is 12.0 Å². The van der Waals surface area contributed by atoms with E-state index < -0.39 is 0 Å². The van der Waals surface area contributed by atoms with Crippen LogP contribution in [0.2, 0.25) is 15.1 Å². The average Bonchev–Trinajstić information content (AvgIpc) is 2.38. The Morgan fingerprint density at radius 2 is 1.45 bits per heavy atom. The van der Waals surface area contributed by atoms with Gasteiger partial charge in [-0.25, -0.2) is 0 Å². The molecule has 0 aliphatic carbocycles. The van der Waals surface area contributed by atoms with Gasteiger partial charge in [-0.2, -0.15) is 0 Å². The second kappa shape index (κ2) is 7.33. The molecule has 106 valence electrons. The van der Waals surface area contributed by atoms with Crippen molar-refractivity contribution in [2.75, 3.05) is 0 Å². The van der Waals surface area contributed by atoms with Crippen LogP contribution in [0.25, 0.3) is 0 Å². The van der Waals surface area contributed by atoms with Gasteiger partial charge >= 0.3 is 0 Å². The van der Waals surface area contributed by atoms with E-state index in [1.807, 2.05) is 24.3 Å². The fourth-order valence-electron chi connectivity index (χ4n) is 2.05. The van der Waals surface area contributed by atoms with Crippen LogP contribution in [0.1, 0.15) is 18.1 Å². The molecule has 4 heteroatoms. The third kappa shape index (κ3) is 4.99. The van der Waals surface area contributed by atoms with Crippen molar-refractivity contribution in [3.63, 3.8) is 0 Å². The number of halogens is 3. The molecule has 0 heterocycles. The van der Waals surface area contributed by atoms with Crippen LogP contribution in [-0.4, -0.2) is 6.04 Å². The minimum Gasteiger partial charge on any atom is -0.310 e. The third-order valence-electron chi connectivity index (χ3n) is 3.03. The maximum Gasteiger partial charge on any atom is 0.0424 e. The van der Waals surface area contributed by atoms with E-state index in [1.54, 1.807) is 6.07 Å². The number of nitrogens with one attached hydrogen (secondary N) is 1. The van der Waals surface area contributed by atoms with E-state index in [0.29, 0.717) is 16.1 Å². The predicted molar refractivity (Wildman–Crippen MR) is 87.9 cm³/mol. The molecule has 0 aromatic heterocycles. The van der Waals surface area contributed by atoms with Crippen LogP contribution < -0.4 is 5.32 Å². The lowest BCUT2D eigenvalue weighted by molar-refractivity contribution is 0.545. The van der Waals surface area contributed by atoms with Gasteiger partial charge in [0.15, 0.2) is 0 Å². The van der Waals surface area contributed by atoms with E-state index in [-0.39, 0.29) is 0 Å². The average molecular weight is 329 g/mol. The van der Waals surface area contributed by atoms with Crippen LogP contribution >= 0.6 is 34.8 Å². The molecule has 0 bridgehead atoms. The lowest BCUT2D eigenvalue weighted by atomic mass is 10.1. The maximum absolute atomic E-state index is 5.99. The van der Waals surface area contributed by atoms with E-state index >= 15 is 0 Å². The maximum atomic E-state index is 5.99. The van der Waals surface area contributed by atoms with Gasteiger partial charge < -0.3 is 5.32 Å². The Kier molecular flexibility index (Phi) is 5.74. The van der Waals surface area contributed by atoms with Gasteiger partial charge in [-0.3, -0.25) is 0 Å². The number of benzene rings is 2. The van der Waals surface area contributed by atoms with Crippen LogP contribution in [0.5, 0.6) is 0 Å². The standard InChI is InChI=1S/C16H16Cl3N/c1-11(6-12-2-4-14(17)5-3-12)20-10-13-7-15(18)9-16(19)8-13/h2-5,7-9,11,20H,6,10H2,1H3. The molecule has 0 saturated carbocycles. The van der Waals surface area contributed by atoms with Gasteiger partial charge in [-0.15, -0.1) is 0 Å². The normalized spacial score (nSPS) is 12.4. The van der Waals surface area contributed by atoms with Crippen LogP contribution in [0, 0.1) is 0 Å². The van der Waals surface area contributed by atoms with Gasteiger partial charge in [0.1, 0.15) is 0 Å². The lowest BCUT2D eigenvalue weighted by Crippen LogP contribution is -2.27. The van der Waals surface area contributed by atoms with Crippen molar-refractivity contribution in [2.24, 2.45) is 0 Å². The summed E-state index contributed by atoms with van der Waals surface area (Å²) in [6.45, 7) is 2.90. The summed E-state index contributed by atoms with van der Waals surface area (Å²) >= 11 is 17.8. The Bertz CT molecular complexity index is 546. The molecule has 2 aromatic rings. The summed E-state index contributed by atoms with van der Waals surface area (Å²) in [5, 5.41) is 5.57. The summed E-state index contributed by atoms with van der Waals surface area (Å²) in [7, 11) is 0. The van der Waals surface area contributed by atoms with Gasteiger partial charge in [0.25, 0.3) is 0 Å². The van der Waals surface area contributed by atoms with Crippen LogP contribution in [0.3, 0.4) is 0 Å². The van der Waals surface area contributed by atoms with Crippen molar-refractivity contribution < 1.29 is 0 Å². The molecule has 1 N–H and O–H groups in total. The second-order valence-corrected chi connectivity index (χ2v) is 6.20. The van der Waals surface area contributed by atoms with E-state index in [1.165, 1.54) is 5.56 Å². The summed E-state index contributed by atoms with van der Waals surface area (Å²) in [5.74, 6) is 0. The highest BCUT2D eigenvalue weighted by atomic mass is 35.5. The van der Waals surface area contributed by atoms with Crippen molar-refractivity contribution >= 4 is 34.8 Å². The second-order valence-electron chi connectivity index (χ2n) is 4.89. The van der Waals surface area contributed by atoms with Crippen molar-refractivity contribution in [3.8, 4) is 0 Å². The summed E-state index contributed by atoms with van der Waals surface area (Å²) in [6, 6.07) is 13.9. The Labute approximate surface area is 134 Å². The zero-order valence-corrected chi connectivity index (χ0v) is 13.4. The first-order valence-corrected chi connectivity index (χ1v) is 7.59. The molecule has 0 aliphatic rings. The quantitative estimate of drug-likeness (QED) is 0.778. The molecule has 0 spiro atoms. The number of hydrogen-bond donors (Lipinski definition) is 1. The van der Waals surface area contributed by atoms with E-state index in [2.05, 4.69) is 24.4 Å². The van der Waals surface area contributed by atoms with E-state index in [9.17, 15) is 0 Å². The van der Waals surface area contributed by atoms with Crippen molar-refractivity contribution in [3.05, 3.63) is 68.7 Å². The van der Waals surface area contributed by atoms with Crippen LogP contribution in [0.4, 0.5) is 0 Å². The largest absolute Gasteiger partial charge is 0.310 e. The molecule has 2 rings (SSSR count). The fourth-order valence-corrected chi connectivity index (χ4v) is 2.75. The Hall–Kier alpha value is -0.730. The van der Waals surface area contributed by atoms with Crippen molar-refractivity contribution in [1.29, 1.82) is 0 Å². The SMILES string of the molecule is CC(Cc1ccc(Cl)cc1)NCc1cc(Cl)cc(Cl)c1. The molecular formula is C16H16Cl3N. The van der Waals surface area contributed by atoms with Gasteiger partial charge in [-0.05, 0) is 54.8 Å². The Morgan fingerprint density at radius 1 is 0.850 bits per heavy atom. The molecule has 2 aromatic carbocycles. The lowest BCUT2D eigenvalue weighted by Gasteiger charge is -2.14. The zero-order valence-electron chi connectivity index (χ0n) is 11.2. The molecule has 0 radical (unpaired) electrons. The third-order valence-corrected chi connectivity index (χ3v) is 3.72. The summed E-state index contributed by atoms with van der Waals surface area (Å²) < 4.78 is 0. The van der Waals surface area contributed by atoms with E-state index in [0.717, 1.165) is 23.6 Å². The van der Waals surface area contributed by atoms with Gasteiger partial charge in [0.2, 0.25) is 0 Å². The monoisotopic (exact) mass is 327 g/mol. The summed E-state index contributed by atoms with van der Waals surface area (Å²) in [5.41, 5.74) is 2.35. The van der Waals surface area contributed by atoms with Crippen molar-refractivity contribution in [1.82, 2.24) is 5.32 Å². The fraction of sp³-hybridized carbons (Fsp3) is 0.250. The zero-order chi connectivity index (χ0) is 14.5. The highest BCUT2D eigenvalue weighted by Gasteiger charge is 2.04. The minimum absolute atomic E-state index is 0.355. The molecule has 1 atom stereocenters. The van der Waals surface area contributed by atoms with Crippen LogP contribution in [0.15, 0.2) is 42.5 Å². The summed E-state index contributed by atoms with van der Waals surface area (Å²) in [4.78, 5) is 0. The molecule has 0 fully saturated rings. The first kappa shape index (κ1) is 15.7. The van der Waals surface area contributed by atoms with Gasteiger partial charge in [0, 0.05) is 27.7 Å². The number of hydrogen-bond acceptors (Lipinski definition) is 1. The highest BCUT2D eigenvalue weighted by molar-refractivity contribution is 6.34. The minimum atomic E-state index is 0.355. The first-order chi connectivity index (χ1) is 9.52. The molecule has 1 unspecified atom stereocenters. The highest BCUT2D eigenvalue weighted by Crippen LogP contribution is 2.19. The number of rotatable bonds is 5. The smallest absolute Gasteiger partial charge is 0.0424 e. The van der Waals surface area contributed by atoms with Crippen LogP contribution in [-0.2, 0) is 13.0 Å². The molecule has 20 heavy (non-hydrogen) atoms. The Balaban J connectivity index is 1.88. The molecular weight excluding hydrogens is 313 g/mol. The predicted octanol–water partition coefficient (Wildman–Crippen LogP) is 5.37. The first-order valence-electron chi connectivity index (χ1n) is 6.46. The van der Waals surface area contributed by atoms with Gasteiger partial charge in [0.05, 0.1) is 0 Å². The molecule has 0 saturated heterocycles. The van der Waals surface area contributed by atoms with Crippen molar-refractivity contribution in [2.45, 2.75) is 25.9 Å². The summed E-state index contributed by atoms with van der Waals surface area (Å²) in [6.07, 6.45) is 0.950. The molecule has 0 aliphatic heterocycles. The Morgan fingerprint density at radius 3 is 2.05 bits per heavy atom. The van der Waals surface area contributed by atoms with Gasteiger partial charge in [-0.1, -0.05) is 46.9 Å². The molecule has 0 amide bonds. The molecule has 1 nitrogen and oxygen atoms in total. The van der Waals surface area contributed by atoms with E-state index in [4.69, 9.17) is 34.8 Å².